The molecule has 1 nitrogen and oxygen atoms in total. The van der Waals surface area contributed by atoms with Crippen LogP contribution < -0.4 is 5.14 Å². The van der Waals surface area contributed by atoms with E-state index in [4.69, 9.17) is 13.0 Å². The fraction of sp³-hybridized carbons (Fsp3) is 1.00. The summed E-state index contributed by atoms with van der Waals surface area (Å²) >= 11 is 0. The van der Waals surface area contributed by atoms with Crippen LogP contribution in [0.15, 0.2) is 0 Å². The first-order valence-electron chi connectivity index (χ1n) is 2.37. The van der Waals surface area contributed by atoms with Crippen molar-refractivity contribution < 1.29 is 0 Å². The first-order valence-corrected chi connectivity index (χ1v) is 4.58. The maximum absolute atomic E-state index is 5.40. The lowest BCUT2D eigenvalue weighted by molar-refractivity contribution is 0.808. The smallest absolute Gasteiger partial charge is 0.0671 e. The van der Waals surface area contributed by atoms with E-state index in [1.807, 2.05) is 0 Å². The van der Waals surface area contributed by atoms with E-state index in [0.717, 1.165) is 0 Å². The lowest BCUT2D eigenvalue weighted by Gasteiger charge is -2.18. The fourth-order valence-corrected chi connectivity index (χ4v) is 1.48. The summed E-state index contributed by atoms with van der Waals surface area (Å²) in [5.74, 6) is 0. The molecule has 0 heterocycles. The lowest BCUT2D eigenvalue weighted by Crippen LogP contribution is -2.11. The van der Waals surface area contributed by atoms with Crippen LogP contribution in [0, 0.1) is 0 Å². The topological polar surface area (TPSA) is 26.0 Å². The summed E-state index contributed by atoms with van der Waals surface area (Å²) in [5.41, 5.74) is 0. The van der Waals surface area contributed by atoms with E-state index in [1.165, 1.54) is 11.0 Å². The zero-order chi connectivity index (χ0) is 6.62. The molecule has 2 radical (unpaired) electrons. The van der Waals surface area contributed by atoms with Gasteiger partial charge in [-0.3, -0.25) is 5.14 Å². The maximum Gasteiger partial charge on any atom is 0.0671 e. The van der Waals surface area contributed by atoms with E-state index in [2.05, 4.69) is 13.8 Å². The van der Waals surface area contributed by atoms with Crippen LogP contribution in [0.25, 0.3) is 0 Å². The van der Waals surface area contributed by atoms with Crippen LogP contribution in [0.2, 0.25) is 6.32 Å². The average Bonchev–Trinajstić information content (AvgIpc) is 1.67. The number of hydrogen-bond donors (Lipinski definition) is 1. The van der Waals surface area contributed by atoms with Gasteiger partial charge in [0.2, 0.25) is 0 Å². The highest BCUT2D eigenvalue weighted by Crippen LogP contribution is 2.33. The normalized spacial score (nSPS) is 11.9. The lowest BCUT2D eigenvalue weighted by atomic mass is 9.94. The number of rotatable bonds is 3. The number of nitrogens with two attached hydrogens (primary N) is 1. The Morgan fingerprint density at radius 3 is 2.25 bits per heavy atom. The third kappa shape index (κ3) is 3.69. The van der Waals surface area contributed by atoms with Crippen molar-refractivity contribution in [2.45, 2.75) is 24.9 Å². The van der Waals surface area contributed by atoms with E-state index < -0.39 is 0 Å². The van der Waals surface area contributed by atoms with Crippen LogP contribution >= 0.6 is 21.8 Å². The Bertz CT molecular complexity index is 67.1. The van der Waals surface area contributed by atoms with Gasteiger partial charge in [-0.25, -0.2) is 0 Å². The Labute approximate surface area is 60.1 Å². The first kappa shape index (κ1) is 8.72. The standard InChI is InChI=1S/C4H10BNS2/c1-4(2,3-5)7-8-6/h3,6H2,1-2H3. The van der Waals surface area contributed by atoms with Crippen molar-refractivity contribution in [3.63, 3.8) is 0 Å². The monoisotopic (exact) mass is 147 g/mol. The van der Waals surface area contributed by atoms with Crippen molar-refractivity contribution in [2.75, 3.05) is 0 Å². The molecule has 46 valence electrons. The number of hydrogen-bond acceptors (Lipinski definition) is 3. The third-order valence-corrected chi connectivity index (χ3v) is 3.12. The van der Waals surface area contributed by atoms with Gasteiger partial charge in [0.25, 0.3) is 0 Å². The van der Waals surface area contributed by atoms with Crippen molar-refractivity contribution >= 4 is 29.6 Å². The fourth-order valence-electron chi connectivity index (χ4n) is 0.164. The second-order valence-corrected chi connectivity index (χ2v) is 4.69. The Hall–Kier alpha value is 0.725. The Kier molecular flexibility index (Phi) is 4.03. The minimum absolute atomic E-state index is 0.124. The second kappa shape index (κ2) is 3.69. The van der Waals surface area contributed by atoms with E-state index in [9.17, 15) is 0 Å². The van der Waals surface area contributed by atoms with E-state index in [1.54, 1.807) is 10.8 Å². The zero-order valence-electron chi connectivity index (χ0n) is 5.18. The molecule has 0 atom stereocenters. The van der Waals surface area contributed by atoms with Gasteiger partial charge in [0.05, 0.1) is 7.85 Å². The van der Waals surface area contributed by atoms with Crippen molar-refractivity contribution in [2.24, 2.45) is 5.14 Å². The van der Waals surface area contributed by atoms with Gasteiger partial charge in [0.1, 0.15) is 0 Å². The minimum atomic E-state index is 0.124. The van der Waals surface area contributed by atoms with Gasteiger partial charge in [-0.05, 0) is 11.0 Å². The first-order chi connectivity index (χ1) is 3.62. The van der Waals surface area contributed by atoms with E-state index in [0.29, 0.717) is 6.32 Å². The van der Waals surface area contributed by atoms with Crippen molar-refractivity contribution in [1.29, 1.82) is 0 Å². The molecule has 0 unspecified atom stereocenters. The van der Waals surface area contributed by atoms with Crippen molar-refractivity contribution in [3.05, 3.63) is 0 Å². The van der Waals surface area contributed by atoms with Gasteiger partial charge >= 0.3 is 0 Å². The molecule has 8 heavy (non-hydrogen) atoms. The molecule has 0 spiro atoms. The molecule has 0 aromatic carbocycles. The molecule has 0 bridgehead atoms. The largest absolute Gasteiger partial charge is 0.268 e. The molecule has 2 N–H and O–H groups in total. The van der Waals surface area contributed by atoms with Crippen LogP contribution in [0.4, 0.5) is 0 Å². The predicted octanol–water partition coefficient (Wildman–Crippen LogP) is 1.61. The maximum atomic E-state index is 5.40. The van der Waals surface area contributed by atoms with Crippen LogP contribution in [0.5, 0.6) is 0 Å². The van der Waals surface area contributed by atoms with Gasteiger partial charge in [-0.2, -0.15) is 0 Å². The molecule has 0 aliphatic heterocycles. The highest BCUT2D eigenvalue weighted by atomic mass is 33.1. The second-order valence-electron chi connectivity index (χ2n) is 2.14. The molecular weight excluding hydrogens is 137 g/mol. The van der Waals surface area contributed by atoms with Gasteiger partial charge in [-0.15, -0.1) is 0 Å². The van der Waals surface area contributed by atoms with E-state index in [-0.39, 0.29) is 4.75 Å². The third-order valence-electron chi connectivity index (χ3n) is 0.765. The van der Waals surface area contributed by atoms with Gasteiger partial charge in [-0.1, -0.05) is 31.0 Å². The van der Waals surface area contributed by atoms with Crippen LogP contribution in [-0.4, -0.2) is 12.6 Å². The molecule has 4 heteroatoms. The molecular formula is C4H10BNS2. The Morgan fingerprint density at radius 1 is 1.62 bits per heavy atom. The van der Waals surface area contributed by atoms with Crippen molar-refractivity contribution in [1.82, 2.24) is 0 Å². The summed E-state index contributed by atoms with van der Waals surface area (Å²) in [6, 6.07) is 0. The predicted molar refractivity (Wildman–Crippen MR) is 44.0 cm³/mol. The van der Waals surface area contributed by atoms with Crippen molar-refractivity contribution in [3.8, 4) is 0 Å². The minimum Gasteiger partial charge on any atom is -0.268 e. The van der Waals surface area contributed by atoms with E-state index >= 15 is 0 Å². The Morgan fingerprint density at radius 2 is 2.12 bits per heavy atom. The summed E-state index contributed by atoms with van der Waals surface area (Å²) < 4.78 is 0.124. The van der Waals surface area contributed by atoms with Crippen LogP contribution in [-0.2, 0) is 0 Å². The molecule has 0 aliphatic carbocycles. The highest BCUT2D eigenvalue weighted by molar-refractivity contribution is 8.76. The average molecular weight is 147 g/mol. The summed E-state index contributed by atoms with van der Waals surface area (Å²) in [4.78, 5) is 0. The summed E-state index contributed by atoms with van der Waals surface area (Å²) in [5, 5.41) is 5.21. The van der Waals surface area contributed by atoms with Gasteiger partial charge in [0, 0.05) is 4.75 Å². The molecule has 0 saturated carbocycles. The van der Waals surface area contributed by atoms with Crippen LogP contribution in [0.3, 0.4) is 0 Å². The summed E-state index contributed by atoms with van der Waals surface area (Å²) in [7, 11) is 8.28. The SMILES string of the molecule is [B]CC(C)(C)SSN. The Balaban J connectivity index is 3.37. The summed E-state index contributed by atoms with van der Waals surface area (Å²) in [6.45, 7) is 4.13. The molecule has 0 aromatic rings. The molecule has 0 rings (SSSR count). The molecule has 0 amide bonds. The summed E-state index contributed by atoms with van der Waals surface area (Å²) in [6.07, 6.45) is 0.669. The quantitative estimate of drug-likeness (QED) is 0.373. The zero-order valence-corrected chi connectivity index (χ0v) is 6.81. The van der Waals surface area contributed by atoms with Crippen LogP contribution in [0.1, 0.15) is 13.8 Å². The molecule has 0 aromatic heterocycles. The van der Waals surface area contributed by atoms with Gasteiger partial charge in [0.15, 0.2) is 0 Å². The molecule has 0 fully saturated rings. The molecule has 0 aliphatic rings. The molecule has 0 saturated heterocycles. The van der Waals surface area contributed by atoms with Gasteiger partial charge < -0.3 is 0 Å². The highest BCUT2D eigenvalue weighted by Gasteiger charge is 2.13.